The summed E-state index contributed by atoms with van der Waals surface area (Å²) in [5.41, 5.74) is 6.54. The van der Waals surface area contributed by atoms with E-state index in [4.69, 9.17) is 15.7 Å². The van der Waals surface area contributed by atoms with Gasteiger partial charge in [-0.1, -0.05) is 13.0 Å². The molecule has 1 saturated heterocycles. The first-order valence-electron chi connectivity index (χ1n) is 7.38. The van der Waals surface area contributed by atoms with E-state index in [0.29, 0.717) is 30.0 Å². The largest absolute Gasteiger partial charge is 0.490 e. The molecule has 0 bridgehead atoms. The molecule has 21 heavy (non-hydrogen) atoms. The summed E-state index contributed by atoms with van der Waals surface area (Å²) in [5.74, 6) is 0.684. The second-order valence-corrected chi connectivity index (χ2v) is 5.28. The highest BCUT2D eigenvalue weighted by Crippen LogP contribution is 2.25. The van der Waals surface area contributed by atoms with Gasteiger partial charge in [-0.25, -0.2) is 0 Å². The van der Waals surface area contributed by atoms with Crippen LogP contribution in [0.25, 0.3) is 0 Å². The third-order valence-corrected chi connectivity index (χ3v) is 3.76. The van der Waals surface area contributed by atoms with Crippen molar-refractivity contribution in [1.29, 1.82) is 5.26 Å². The average Bonchev–Trinajstić information content (AvgIpc) is 2.94. The SMILES string of the molecule is CCCC(=O)N1CCC[C@H]1COc1cccc(N)c1C#N. The molecule has 0 unspecified atom stereocenters. The normalized spacial score (nSPS) is 17.5. The number of nitrogens with two attached hydrogens (primary N) is 1. The number of nitrogens with zero attached hydrogens (tertiary/aromatic N) is 2. The first-order valence-corrected chi connectivity index (χ1v) is 7.38. The van der Waals surface area contributed by atoms with E-state index in [2.05, 4.69) is 6.07 Å². The third-order valence-electron chi connectivity index (χ3n) is 3.76. The fourth-order valence-electron chi connectivity index (χ4n) is 2.67. The fraction of sp³-hybridized carbons (Fsp3) is 0.500. The Morgan fingerprint density at radius 1 is 1.57 bits per heavy atom. The van der Waals surface area contributed by atoms with E-state index >= 15 is 0 Å². The van der Waals surface area contributed by atoms with Gasteiger partial charge in [-0.3, -0.25) is 4.79 Å². The van der Waals surface area contributed by atoms with Crippen molar-refractivity contribution in [1.82, 2.24) is 4.90 Å². The van der Waals surface area contributed by atoms with E-state index < -0.39 is 0 Å². The highest BCUT2D eigenvalue weighted by Gasteiger charge is 2.28. The number of benzene rings is 1. The number of hydrogen-bond donors (Lipinski definition) is 1. The molecule has 112 valence electrons. The maximum absolute atomic E-state index is 12.0. The lowest BCUT2D eigenvalue weighted by molar-refractivity contribution is -0.132. The molecule has 1 aromatic rings. The Morgan fingerprint density at radius 2 is 2.38 bits per heavy atom. The van der Waals surface area contributed by atoms with Crippen molar-refractivity contribution in [2.75, 3.05) is 18.9 Å². The quantitative estimate of drug-likeness (QED) is 0.843. The van der Waals surface area contributed by atoms with Gasteiger partial charge < -0.3 is 15.4 Å². The minimum Gasteiger partial charge on any atom is -0.490 e. The van der Waals surface area contributed by atoms with E-state index in [9.17, 15) is 4.79 Å². The Bertz CT molecular complexity index is 551. The van der Waals surface area contributed by atoms with E-state index in [1.807, 2.05) is 11.8 Å². The summed E-state index contributed by atoms with van der Waals surface area (Å²) in [6.45, 7) is 3.22. The zero-order chi connectivity index (χ0) is 15.2. The first-order chi connectivity index (χ1) is 10.2. The maximum atomic E-state index is 12.0. The molecular formula is C16H21N3O2. The zero-order valence-corrected chi connectivity index (χ0v) is 12.3. The Morgan fingerprint density at radius 3 is 3.10 bits per heavy atom. The van der Waals surface area contributed by atoms with Crippen LogP contribution in [0.3, 0.4) is 0 Å². The lowest BCUT2D eigenvalue weighted by atomic mass is 10.1. The predicted octanol–water partition coefficient (Wildman–Crippen LogP) is 2.31. The van der Waals surface area contributed by atoms with Gasteiger partial charge in [-0.15, -0.1) is 0 Å². The molecule has 1 aromatic carbocycles. The molecule has 5 heteroatoms. The summed E-state index contributed by atoms with van der Waals surface area (Å²) in [6.07, 6.45) is 3.39. The van der Waals surface area contributed by atoms with Gasteiger partial charge >= 0.3 is 0 Å². The second kappa shape index (κ2) is 6.98. The van der Waals surface area contributed by atoms with Crippen LogP contribution in [-0.2, 0) is 4.79 Å². The highest BCUT2D eigenvalue weighted by atomic mass is 16.5. The van der Waals surface area contributed by atoms with Crippen molar-refractivity contribution in [3.8, 4) is 11.8 Å². The number of carbonyl (C=O) groups is 1. The summed E-state index contributed by atoms with van der Waals surface area (Å²) >= 11 is 0. The highest BCUT2D eigenvalue weighted by molar-refractivity contribution is 5.76. The van der Waals surface area contributed by atoms with Crippen LogP contribution in [-0.4, -0.2) is 30.0 Å². The molecular weight excluding hydrogens is 266 g/mol. The summed E-state index contributed by atoms with van der Waals surface area (Å²) < 4.78 is 5.75. The molecule has 1 fully saturated rings. The number of hydrogen-bond acceptors (Lipinski definition) is 4. The van der Waals surface area contributed by atoms with Crippen molar-refractivity contribution < 1.29 is 9.53 Å². The van der Waals surface area contributed by atoms with Crippen LogP contribution >= 0.6 is 0 Å². The molecule has 2 rings (SSSR count). The molecule has 1 atom stereocenters. The molecule has 0 spiro atoms. The summed E-state index contributed by atoms with van der Waals surface area (Å²) in [6, 6.07) is 7.34. The molecule has 1 heterocycles. The lowest BCUT2D eigenvalue weighted by Crippen LogP contribution is -2.38. The molecule has 2 N–H and O–H groups in total. The maximum Gasteiger partial charge on any atom is 0.222 e. The van der Waals surface area contributed by atoms with Gasteiger partial charge in [-0.2, -0.15) is 5.26 Å². The van der Waals surface area contributed by atoms with Crippen molar-refractivity contribution in [2.24, 2.45) is 0 Å². The van der Waals surface area contributed by atoms with Crippen LogP contribution in [0.2, 0.25) is 0 Å². The third kappa shape index (κ3) is 3.46. The molecule has 0 aliphatic carbocycles. The molecule has 0 saturated carbocycles. The first kappa shape index (κ1) is 15.2. The van der Waals surface area contributed by atoms with E-state index in [1.165, 1.54) is 0 Å². The molecule has 0 radical (unpaired) electrons. The van der Waals surface area contributed by atoms with Crippen LogP contribution in [0.5, 0.6) is 5.75 Å². The monoisotopic (exact) mass is 287 g/mol. The van der Waals surface area contributed by atoms with Gasteiger partial charge in [0.15, 0.2) is 0 Å². The number of likely N-dealkylation sites (tertiary alicyclic amines) is 1. The fourth-order valence-corrected chi connectivity index (χ4v) is 2.67. The lowest BCUT2D eigenvalue weighted by Gasteiger charge is -2.25. The van der Waals surface area contributed by atoms with Crippen LogP contribution < -0.4 is 10.5 Å². The predicted molar refractivity (Wildman–Crippen MR) is 80.7 cm³/mol. The Labute approximate surface area is 125 Å². The van der Waals surface area contributed by atoms with Crippen LogP contribution in [0, 0.1) is 11.3 Å². The van der Waals surface area contributed by atoms with Gasteiger partial charge in [0.2, 0.25) is 5.91 Å². The number of ether oxygens (including phenoxy) is 1. The van der Waals surface area contributed by atoms with Gasteiger partial charge in [0, 0.05) is 13.0 Å². The number of carbonyl (C=O) groups excluding carboxylic acids is 1. The molecule has 1 aliphatic heterocycles. The minimum atomic E-state index is 0.0945. The summed E-state index contributed by atoms with van der Waals surface area (Å²) in [7, 11) is 0. The Balaban J connectivity index is 2.01. The van der Waals surface area contributed by atoms with Gasteiger partial charge in [-0.05, 0) is 31.4 Å². The Hall–Kier alpha value is -2.22. The van der Waals surface area contributed by atoms with Crippen molar-refractivity contribution in [2.45, 2.75) is 38.6 Å². The van der Waals surface area contributed by atoms with Crippen LogP contribution in [0.15, 0.2) is 18.2 Å². The van der Waals surface area contributed by atoms with Crippen molar-refractivity contribution in [3.05, 3.63) is 23.8 Å². The molecule has 5 nitrogen and oxygen atoms in total. The van der Waals surface area contributed by atoms with Gasteiger partial charge in [0.1, 0.15) is 24.0 Å². The van der Waals surface area contributed by atoms with Crippen LogP contribution in [0.4, 0.5) is 5.69 Å². The van der Waals surface area contributed by atoms with Gasteiger partial charge in [0.05, 0.1) is 11.7 Å². The number of amides is 1. The Kier molecular flexibility index (Phi) is 5.04. The van der Waals surface area contributed by atoms with E-state index in [0.717, 1.165) is 25.8 Å². The standard InChI is InChI=1S/C16H21N3O2/c1-2-5-16(20)19-9-4-6-12(19)11-21-15-8-3-7-14(18)13(15)10-17/h3,7-8,12H,2,4-6,9,11,18H2,1H3/t12-/m0/s1. The van der Waals surface area contributed by atoms with Crippen molar-refractivity contribution in [3.63, 3.8) is 0 Å². The number of anilines is 1. The van der Waals surface area contributed by atoms with Crippen molar-refractivity contribution >= 4 is 11.6 Å². The summed E-state index contributed by atoms with van der Waals surface area (Å²) in [4.78, 5) is 13.9. The van der Waals surface area contributed by atoms with E-state index in [-0.39, 0.29) is 11.9 Å². The number of rotatable bonds is 5. The zero-order valence-electron chi connectivity index (χ0n) is 12.3. The average molecular weight is 287 g/mol. The van der Waals surface area contributed by atoms with Gasteiger partial charge in [0.25, 0.3) is 0 Å². The minimum absolute atomic E-state index is 0.0945. The van der Waals surface area contributed by atoms with Crippen LogP contribution in [0.1, 0.15) is 38.2 Å². The topological polar surface area (TPSA) is 79.3 Å². The molecule has 1 amide bonds. The van der Waals surface area contributed by atoms with E-state index in [1.54, 1.807) is 18.2 Å². The smallest absolute Gasteiger partial charge is 0.222 e. The number of nitrogen functional groups attached to an aromatic ring is 1. The number of nitriles is 1. The second-order valence-electron chi connectivity index (χ2n) is 5.28. The molecule has 1 aliphatic rings. The molecule has 0 aromatic heterocycles. The summed E-state index contributed by atoms with van der Waals surface area (Å²) in [5, 5.41) is 9.13.